The number of hydrogen-bond acceptors (Lipinski definition) is 2. The molecule has 0 aromatic rings. The Morgan fingerprint density at radius 1 is 1.12 bits per heavy atom. The molecular formula is C12H22LiLrNO-. The van der Waals surface area contributed by atoms with E-state index in [1.807, 2.05) is 0 Å². The first-order valence-corrected chi connectivity index (χ1v) is 5.84. The number of ether oxygens (including phenoxy) is 1. The van der Waals surface area contributed by atoms with Crippen LogP contribution in [0.4, 0.5) is 0 Å². The van der Waals surface area contributed by atoms with E-state index in [9.17, 15) is 0 Å². The number of nitrogens with zero attached hydrogens (tertiary/aromatic N) is 1. The SMILES string of the molecule is C[C-]1CCC2(CCO1)CCN(C)CC2.[Li].[Lr]. The van der Waals surface area contributed by atoms with Gasteiger partial charge in [-0.25, -0.2) is 0 Å². The molecule has 2 saturated heterocycles. The van der Waals surface area contributed by atoms with Crippen molar-refractivity contribution in [1.29, 1.82) is 0 Å². The summed E-state index contributed by atoms with van der Waals surface area (Å²) in [7, 11) is 2.23. The van der Waals surface area contributed by atoms with E-state index >= 15 is 0 Å². The first kappa shape index (κ1) is 15.5. The molecule has 1 spiro atoms. The van der Waals surface area contributed by atoms with Crippen molar-refractivity contribution in [3.8, 4) is 0 Å². The molecule has 0 saturated carbocycles. The molecule has 2 radical (unpaired) electrons. The first-order chi connectivity index (χ1) is 6.70. The molecule has 0 atom stereocenters. The molecule has 0 aliphatic carbocycles. The molecule has 0 aromatic heterocycles. The van der Waals surface area contributed by atoms with Gasteiger partial charge in [0.15, 0.2) is 0 Å². The smallest absolute Gasteiger partial charge is 0.0119 e. The summed E-state index contributed by atoms with van der Waals surface area (Å²) in [6, 6.07) is 0. The molecule has 0 aromatic carbocycles. The van der Waals surface area contributed by atoms with Crippen molar-refractivity contribution >= 4 is 18.9 Å². The minimum Gasteiger partial charge on any atom is -0.549 e. The van der Waals surface area contributed by atoms with Crippen LogP contribution < -0.4 is 0 Å². The van der Waals surface area contributed by atoms with Crippen molar-refractivity contribution < 1.29 is 4.74 Å². The van der Waals surface area contributed by atoms with E-state index in [-0.39, 0.29) is 18.9 Å². The second-order valence-electron chi connectivity index (χ2n) is 5.10. The molecule has 16 heavy (non-hydrogen) atoms. The van der Waals surface area contributed by atoms with Crippen LogP contribution in [0.2, 0.25) is 0 Å². The van der Waals surface area contributed by atoms with Crippen molar-refractivity contribution in [2.75, 3.05) is 26.7 Å². The maximum absolute atomic E-state index is 5.66. The van der Waals surface area contributed by atoms with Gasteiger partial charge in [-0.1, -0.05) is 6.42 Å². The molecule has 0 bridgehead atoms. The third-order valence-electron chi connectivity index (χ3n) is 4.04. The van der Waals surface area contributed by atoms with Gasteiger partial charge in [0.05, 0.1) is 0 Å². The largest absolute Gasteiger partial charge is 0.549 e. The van der Waals surface area contributed by atoms with Crippen LogP contribution in [0, 0.1) is 11.5 Å². The summed E-state index contributed by atoms with van der Waals surface area (Å²) in [5.74, 6) is 0. The summed E-state index contributed by atoms with van der Waals surface area (Å²) in [5.41, 5.74) is 0.615. The number of likely N-dealkylation sites (tertiary alicyclic amines) is 1. The van der Waals surface area contributed by atoms with Crippen molar-refractivity contribution in [3.63, 3.8) is 0 Å². The van der Waals surface area contributed by atoms with Gasteiger partial charge >= 0.3 is 0 Å². The van der Waals surface area contributed by atoms with Gasteiger partial charge < -0.3 is 9.64 Å². The van der Waals surface area contributed by atoms with Crippen LogP contribution in [0.25, 0.3) is 0 Å². The minimum absolute atomic E-state index is 0. The van der Waals surface area contributed by atoms with Gasteiger partial charge in [0.1, 0.15) is 0 Å². The summed E-state index contributed by atoms with van der Waals surface area (Å²) >= 11 is 0. The summed E-state index contributed by atoms with van der Waals surface area (Å²) in [4.78, 5) is 2.45. The fraction of sp³-hybridized carbons (Fsp3) is 0.917. The second kappa shape index (κ2) is 6.30. The fourth-order valence-corrected chi connectivity index (χ4v) is 2.67. The van der Waals surface area contributed by atoms with Crippen molar-refractivity contribution in [2.24, 2.45) is 5.41 Å². The fourth-order valence-electron chi connectivity index (χ4n) is 2.67. The first-order valence-electron chi connectivity index (χ1n) is 5.84. The minimum atomic E-state index is 0. The molecule has 2 aliphatic heterocycles. The Balaban J connectivity index is 0.00000112. The molecule has 2 fully saturated rings. The van der Waals surface area contributed by atoms with Gasteiger partial charge in [-0.2, -0.15) is 19.4 Å². The van der Waals surface area contributed by atoms with Gasteiger partial charge in [-0.15, -0.1) is 0 Å². The average molecular weight is 465 g/mol. The normalized spacial score (nSPS) is 26.6. The zero-order valence-electron chi connectivity index (χ0n) is 10.8. The summed E-state index contributed by atoms with van der Waals surface area (Å²) in [6.07, 6.45) is 7.82. The molecule has 98 valence electrons. The van der Waals surface area contributed by atoms with E-state index in [4.69, 9.17) is 4.74 Å². The number of hydrogen-bond donors (Lipinski definition) is 0. The molecule has 2 rings (SSSR count). The van der Waals surface area contributed by atoms with E-state index in [2.05, 4.69) is 18.9 Å². The molecule has 0 unspecified atom stereocenters. The third-order valence-corrected chi connectivity index (χ3v) is 4.04. The van der Waals surface area contributed by atoms with Crippen molar-refractivity contribution in [1.82, 2.24) is 4.90 Å². The van der Waals surface area contributed by atoms with Crippen molar-refractivity contribution in [3.05, 3.63) is 6.10 Å². The quantitative estimate of drug-likeness (QED) is 0.402. The third kappa shape index (κ3) is 3.52. The predicted molar refractivity (Wildman–Crippen MR) is 63.6 cm³/mol. The maximum atomic E-state index is 5.66. The van der Waals surface area contributed by atoms with Crippen LogP contribution in [0.5, 0.6) is 0 Å². The maximum Gasteiger partial charge on any atom is 0.0119 e. The van der Waals surface area contributed by atoms with Crippen LogP contribution in [0.15, 0.2) is 0 Å². The molecular weight excluding hydrogens is 443 g/mol. The van der Waals surface area contributed by atoms with Gasteiger partial charge in [0.25, 0.3) is 0 Å². The Hall–Kier alpha value is -0.483. The Bertz CT molecular complexity index is 190. The zero-order chi connectivity index (χ0) is 10.0. The Morgan fingerprint density at radius 2 is 1.75 bits per heavy atom. The zero-order valence-corrected chi connectivity index (χ0v) is 12.9. The molecule has 2 aliphatic rings. The van der Waals surface area contributed by atoms with Gasteiger partial charge in [0, 0.05) is 25.5 Å². The van der Waals surface area contributed by atoms with Crippen LogP contribution in [-0.4, -0.2) is 50.5 Å². The summed E-state index contributed by atoms with van der Waals surface area (Å²) in [5, 5.41) is 0. The van der Waals surface area contributed by atoms with E-state index in [1.54, 1.807) is 0 Å². The molecule has 2 nitrogen and oxygen atoms in total. The molecule has 2 heterocycles. The Labute approximate surface area is 106 Å². The molecule has 0 amide bonds. The molecule has 0 N–H and O–H groups in total. The van der Waals surface area contributed by atoms with E-state index in [1.165, 1.54) is 51.3 Å². The Kier molecular flexibility index (Phi) is 6.11. The Morgan fingerprint density at radius 3 is 2.38 bits per heavy atom. The van der Waals surface area contributed by atoms with E-state index in [0.29, 0.717) is 5.41 Å². The van der Waals surface area contributed by atoms with Crippen LogP contribution in [-0.2, 0) is 4.74 Å². The monoisotopic (exact) mass is 465 g/mol. The second-order valence-corrected chi connectivity index (χ2v) is 5.10. The van der Waals surface area contributed by atoms with Crippen LogP contribution in [0.3, 0.4) is 0 Å². The predicted octanol–water partition coefficient (Wildman–Crippen LogP) is 2.07. The van der Waals surface area contributed by atoms with Crippen LogP contribution in [0.1, 0.15) is 39.0 Å². The standard InChI is InChI=1S/C12H22NO.Li.Lr/c1-11-3-4-12(7-10-14-11)5-8-13(2)9-6-12;;/h3-10H2,1-2H3;;/q-1;;. The van der Waals surface area contributed by atoms with Gasteiger partial charge in [-0.05, 0) is 44.8 Å². The topological polar surface area (TPSA) is 12.5 Å². The molecule has 4 heteroatoms. The number of rotatable bonds is 0. The van der Waals surface area contributed by atoms with Gasteiger partial charge in [0.2, 0.25) is 0 Å². The summed E-state index contributed by atoms with van der Waals surface area (Å²) in [6.45, 7) is 5.64. The average Bonchev–Trinajstić information content (AvgIpc) is 2.36. The van der Waals surface area contributed by atoms with Crippen LogP contribution >= 0.6 is 0 Å². The van der Waals surface area contributed by atoms with E-state index in [0.717, 1.165) is 6.61 Å². The van der Waals surface area contributed by atoms with Crippen molar-refractivity contribution in [2.45, 2.75) is 39.0 Å². The summed E-state index contributed by atoms with van der Waals surface area (Å²) < 4.78 is 5.66. The number of piperidine rings is 1. The van der Waals surface area contributed by atoms with Gasteiger partial charge in [-0.3, -0.25) is 0 Å². The van der Waals surface area contributed by atoms with E-state index < -0.39 is 0 Å².